The summed E-state index contributed by atoms with van der Waals surface area (Å²) in [6.07, 6.45) is 0. The third-order valence-corrected chi connectivity index (χ3v) is 2.36. The topological polar surface area (TPSA) is 32.3 Å². The minimum Gasteiger partial charge on any atom is -0.396 e. The van der Waals surface area contributed by atoms with Gasteiger partial charge in [-0.15, -0.1) is 0 Å². The van der Waals surface area contributed by atoms with Crippen LogP contribution in [0, 0.1) is 5.92 Å². The van der Waals surface area contributed by atoms with Crippen LogP contribution in [0.2, 0.25) is 0 Å². The number of halogens is 2. The van der Waals surface area contributed by atoms with E-state index in [2.05, 4.69) is 5.32 Å². The van der Waals surface area contributed by atoms with E-state index < -0.39 is 24.0 Å². The predicted molar refractivity (Wildman–Crippen MR) is 37.6 cm³/mol. The van der Waals surface area contributed by atoms with Crippen molar-refractivity contribution in [3.63, 3.8) is 0 Å². The molecule has 1 aliphatic rings. The van der Waals surface area contributed by atoms with E-state index in [1.165, 1.54) is 13.8 Å². The average Bonchev–Trinajstić information content (AvgIpc) is 2.05. The molecular formula is C7H13F2NO. The van der Waals surface area contributed by atoms with Crippen molar-refractivity contribution in [3.05, 3.63) is 0 Å². The molecule has 1 heterocycles. The van der Waals surface area contributed by atoms with Crippen LogP contribution in [0.3, 0.4) is 0 Å². The molecule has 0 saturated carbocycles. The lowest BCUT2D eigenvalue weighted by molar-refractivity contribution is -0.0929. The van der Waals surface area contributed by atoms with Gasteiger partial charge in [0, 0.05) is 6.54 Å². The molecule has 0 aromatic rings. The van der Waals surface area contributed by atoms with Crippen molar-refractivity contribution in [1.82, 2.24) is 5.32 Å². The molecule has 4 heteroatoms. The van der Waals surface area contributed by atoms with Crippen molar-refractivity contribution in [1.29, 1.82) is 0 Å². The molecule has 0 radical (unpaired) electrons. The third-order valence-electron chi connectivity index (χ3n) is 2.36. The summed E-state index contributed by atoms with van der Waals surface area (Å²) in [4.78, 5) is 0. The molecule has 0 spiro atoms. The third kappa shape index (κ3) is 1.14. The molecule has 1 aliphatic heterocycles. The molecule has 2 N–H and O–H groups in total. The Morgan fingerprint density at radius 1 is 1.55 bits per heavy atom. The van der Waals surface area contributed by atoms with E-state index in [4.69, 9.17) is 5.11 Å². The number of hydrogen-bond donors (Lipinski definition) is 2. The first-order chi connectivity index (χ1) is 4.92. The monoisotopic (exact) mass is 165 g/mol. The summed E-state index contributed by atoms with van der Waals surface area (Å²) in [5, 5.41) is 11.3. The summed E-state index contributed by atoms with van der Waals surface area (Å²) in [5.74, 6) is -3.74. The molecule has 1 saturated heterocycles. The lowest BCUT2D eigenvalue weighted by Gasteiger charge is -2.28. The second-order valence-electron chi connectivity index (χ2n) is 3.51. The maximum Gasteiger partial charge on any atom is 0.271 e. The van der Waals surface area contributed by atoms with Gasteiger partial charge in [0.05, 0.1) is 18.1 Å². The number of aliphatic hydroxyl groups excluding tert-OH is 1. The van der Waals surface area contributed by atoms with E-state index in [1.54, 1.807) is 0 Å². The summed E-state index contributed by atoms with van der Waals surface area (Å²) in [7, 11) is 0. The van der Waals surface area contributed by atoms with Crippen LogP contribution in [0.25, 0.3) is 0 Å². The van der Waals surface area contributed by atoms with Crippen LogP contribution in [0.1, 0.15) is 13.8 Å². The number of nitrogens with one attached hydrogen (secondary N) is 1. The Morgan fingerprint density at radius 3 is 2.27 bits per heavy atom. The predicted octanol–water partition coefficient (Wildman–Crippen LogP) is 0.612. The summed E-state index contributed by atoms with van der Waals surface area (Å²) in [6.45, 7) is 2.63. The zero-order chi connectivity index (χ0) is 8.70. The maximum absolute atomic E-state index is 13.2. The van der Waals surface area contributed by atoms with Gasteiger partial charge in [-0.25, -0.2) is 8.78 Å². The fraction of sp³-hybridized carbons (Fsp3) is 1.00. The van der Waals surface area contributed by atoms with Crippen LogP contribution >= 0.6 is 0 Å². The summed E-state index contributed by atoms with van der Waals surface area (Å²) in [6, 6.07) is 0. The first-order valence-electron chi connectivity index (χ1n) is 3.65. The van der Waals surface area contributed by atoms with Gasteiger partial charge in [0.1, 0.15) is 0 Å². The lowest BCUT2D eigenvalue weighted by Crippen LogP contribution is -2.48. The second kappa shape index (κ2) is 2.38. The highest BCUT2D eigenvalue weighted by molar-refractivity contribution is 5.03. The van der Waals surface area contributed by atoms with E-state index in [9.17, 15) is 8.78 Å². The highest BCUT2D eigenvalue weighted by atomic mass is 19.3. The van der Waals surface area contributed by atoms with Crippen LogP contribution < -0.4 is 5.32 Å². The largest absolute Gasteiger partial charge is 0.396 e. The Bertz CT molecular complexity index is 159. The molecule has 1 atom stereocenters. The highest BCUT2D eigenvalue weighted by Crippen LogP contribution is 2.39. The molecule has 0 bridgehead atoms. The minimum absolute atomic E-state index is 0.191. The van der Waals surface area contributed by atoms with Crippen molar-refractivity contribution in [3.8, 4) is 0 Å². The normalized spacial score (nSPS) is 34.1. The smallest absolute Gasteiger partial charge is 0.271 e. The first kappa shape index (κ1) is 8.87. The number of hydrogen-bond acceptors (Lipinski definition) is 2. The molecule has 0 aliphatic carbocycles. The van der Waals surface area contributed by atoms with Crippen molar-refractivity contribution < 1.29 is 13.9 Å². The molecule has 1 rings (SSSR count). The number of rotatable bonds is 1. The van der Waals surface area contributed by atoms with Gasteiger partial charge in [-0.2, -0.15) is 0 Å². The molecule has 1 unspecified atom stereocenters. The van der Waals surface area contributed by atoms with Crippen molar-refractivity contribution in [2.75, 3.05) is 13.2 Å². The lowest BCUT2D eigenvalue weighted by atomic mass is 9.92. The molecule has 0 amide bonds. The van der Waals surface area contributed by atoms with E-state index in [1.807, 2.05) is 0 Å². The number of aliphatic hydroxyl groups is 1. The fourth-order valence-electron chi connectivity index (χ4n) is 1.31. The summed E-state index contributed by atoms with van der Waals surface area (Å²) >= 11 is 0. The van der Waals surface area contributed by atoms with E-state index in [-0.39, 0.29) is 6.54 Å². The van der Waals surface area contributed by atoms with Gasteiger partial charge in [0.15, 0.2) is 0 Å². The Morgan fingerprint density at radius 2 is 2.09 bits per heavy atom. The van der Waals surface area contributed by atoms with Gasteiger partial charge in [-0.3, -0.25) is 0 Å². The second-order valence-corrected chi connectivity index (χ2v) is 3.51. The Balaban J connectivity index is 2.81. The van der Waals surface area contributed by atoms with Gasteiger partial charge in [-0.05, 0) is 13.8 Å². The van der Waals surface area contributed by atoms with Crippen molar-refractivity contribution >= 4 is 0 Å². The Hall–Kier alpha value is -0.220. The van der Waals surface area contributed by atoms with Gasteiger partial charge in [0.25, 0.3) is 5.92 Å². The molecule has 2 nitrogen and oxygen atoms in total. The first-order valence-corrected chi connectivity index (χ1v) is 3.65. The summed E-state index contributed by atoms with van der Waals surface area (Å²) in [5.41, 5.74) is -1.18. The Kier molecular flexibility index (Phi) is 1.92. The van der Waals surface area contributed by atoms with Crippen molar-refractivity contribution in [2.45, 2.75) is 25.3 Å². The SMILES string of the molecule is CC1(C)NCC(CO)C1(F)F. The molecule has 1 fully saturated rings. The quantitative estimate of drug-likeness (QED) is 0.596. The molecule has 11 heavy (non-hydrogen) atoms. The van der Waals surface area contributed by atoms with E-state index in [0.717, 1.165) is 0 Å². The van der Waals surface area contributed by atoms with Crippen LogP contribution in [0.4, 0.5) is 8.78 Å². The van der Waals surface area contributed by atoms with Gasteiger partial charge < -0.3 is 10.4 Å². The molecular weight excluding hydrogens is 152 g/mol. The summed E-state index contributed by atoms with van der Waals surface area (Å²) < 4.78 is 26.3. The standard InChI is InChI=1S/C7H13F2NO/c1-6(2)7(8,9)5(4-11)3-10-6/h5,10-11H,3-4H2,1-2H3. The maximum atomic E-state index is 13.2. The van der Waals surface area contributed by atoms with Gasteiger partial charge >= 0.3 is 0 Å². The minimum atomic E-state index is -2.80. The highest BCUT2D eigenvalue weighted by Gasteiger charge is 2.57. The zero-order valence-corrected chi connectivity index (χ0v) is 6.69. The fourth-order valence-corrected chi connectivity index (χ4v) is 1.31. The Labute approximate surface area is 64.6 Å². The molecule has 66 valence electrons. The zero-order valence-electron chi connectivity index (χ0n) is 6.69. The van der Waals surface area contributed by atoms with Crippen LogP contribution in [0.15, 0.2) is 0 Å². The van der Waals surface area contributed by atoms with Crippen molar-refractivity contribution in [2.24, 2.45) is 5.92 Å². The molecule has 0 aromatic heterocycles. The van der Waals surface area contributed by atoms with Gasteiger partial charge in [0.2, 0.25) is 0 Å². The van der Waals surface area contributed by atoms with Crippen LogP contribution in [-0.4, -0.2) is 29.7 Å². The average molecular weight is 165 g/mol. The number of alkyl halides is 2. The molecule has 0 aromatic carbocycles. The van der Waals surface area contributed by atoms with E-state index in [0.29, 0.717) is 0 Å². The van der Waals surface area contributed by atoms with E-state index >= 15 is 0 Å². The van der Waals surface area contributed by atoms with Crippen LogP contribution in [-0.2, 0) is 0 Å². The van der Waals surface area contributed by atoms with Crippen LogP contribution in [0.5, 0.6) is 0 Å². The van der Waals surface area contributed by atoms with Gasteiger partial charge in [-0.1, -0.05) is 0 Å².